The van der Waals surface area contributed by atoms with Crippen LogP contribution in [-0.4, -0.2) is 12.3 Å². The molecule has 0 fully saturated rings. The molecule has 2 heteroatoms. The van der Waals surface area contributed by atoms with E-state index in [4.69, 9.17) is 0 Å². The topological polar surface area (TPSA) is 15.6 Å². The first kappa shape index (κ1) is 8.05. The minimum atomic E-state index is 0.862. The molecular formula is C11H12N2. The van der Waals surface area contributed by atoms with Crippen molar-refractivity contribution in [2.24, 2.45) is 5.10 Å². The fourth-order valence-corrected chi connectivity index (χ4v) is 1.35. The summed E-state index contributed by atoms with van der Waals surface area (Å²) in [7, 11) is 0. The molecule has 0 saturated heterocycles. The van der Waals surface area contributed by atoms with E-state index in [1.807, 2.05) is 36.2 Å². The Bertz CT molecular complexity index is 338. The Hall–Kier alpha value is -1.57. The third-order valence-corrected chi connectivity index (χ3v) is 1.97. The smallest absolute Gasteiger partial charge is 0.0600 e. The van der Waals surface area contributed by atoms with Crippen molar-refractivity contribution in [3.8, 4) is 0 Å². The van der Waals surface area contributed by atoms with Crippen molar-refractivity contribution in [2.45, 2.75) is 6.92 Å². The van der Waals surface area contributed by atoms with E-state index < -0.39 is 0 Å². The Kier molecular flexibility index (Phi) is 2.13. The first-order valence-corrected chi connectivity index (χ1v) is 4.40. The minimum Gasteiger partial charge on any atom is -0.261 e. The second kappa shape index (κ2) is 3.44. The molecule has 0 N–H and O–H groups in total. The van der Waals surface area contributed by atoms with Gasteiger partial charge in [-0.3, -0.25) is 5.01 Å². The number of hydrogen-bond acceptors (Lipinski definition) is 2. The average molecular weight is 172 g/mol. The van der Waals surface area contributed by atoms with Crippen LogP contribution in [0.3, 0.4) is 0 Å². The molecule has 1 heterocycles. The fourth-order valence-electron chi connectivity index (χ4n) is 1.35. The third-order valence-electron chi connectivity index (χ3n) is 1.97. The van der Waals surface area contributed by atoms with Crippen molar-refractivity contribution in [3.05, 3.63) is 42.5 Å². The van der Waals surface area contributed by atoms with Gasteiger partial charge in [-0.25, -0.2) is 0 Å². The SMILES string of the molecule is CC1=NN(c2ccccc2)CC=C1. The molecule has 0 amide bonds. The maximum atomic E-state index is 4.42. The number of hydrogen-bond donors (Lipinski definition) is 0. The zero-order valence-electron chi connectivity index (χ0n) is 7.64. The van der Waals surface area contributed by atoms with Gasteiger partial charge >= 0.3 is 0 Å². The quantitative estimate of drug-likeness (QED) is 0.635. The lowest BCUT2D eigenvalue weighted by molar-refractivity contribution is 0.929. The highest BCUT2D eigenvalue weighted by Crippen LogP contribution is 2.15. The van der Waals surface area contributed by atoms with E-state index in [9.17, 15) is 0 Å². The van der Waals surface area contributed by atoms with Gasteiger partial charge in [0.15, 0.2) is 0 Å². The highest BCUT2D eigenvalue weighted by molar-refractivity contribution is 5.94. The number of hydrazone groups is 1. The first-order chi connectivity index (χ1) is 6.36. The summed E-state index contributed by atoms with van der Waals surface area (Å²) in [4.78, 5) is 0. The normalized spacial score (nSPS) is 15.8. The van der Waals surface area contributed by atoms with Crippen LogP contribution in [0.5, 0.6) is 0 Å². The standard InChI is InChI=1S/C11H12N2/c1-10-6-5-9-13(12-10)11-7-3-2-4-8-11/h2-8H,9H2,1H3. The Balaban J connectivity index is 2.24. The molecule has 0 bridgehead atoms. The highest BCUT2D eigenvalue weighted by atomic mass is 15.5. The van der Waals surface area contributed by atoms with Crippen LogP contribution in [0, 0.1) is 0 Å². The molecule has 1 aromatic rings. The molecule has 0 unspecified atom stereocenters. The summed E-state index contributed by atoms with van der Waals surface area (Å²) in [5.41, 5.74) is 2.20. The van der Waals surface area contributed by atoms with Crippen LogP contribution in [0.2, 0.25) is 0 Å². The summed E-state index contributed by atoms with van der Waals surface area (Å²) in [6.07, 6.45) is 4.16. The van der Waals surface area contributed by atoms with Crippen LogP contribution < -0.4 is 5.01 Å². The van der Waals surface area contributed by atoms with Crippen molar-refractivity contribution < 1.29 is 0 Å². The van der Waals surface area contributed by atoms with E-state index in [2.05, 4.69) is 23.3 Å². The van der Waals surface area contributed by atoms with Crippen LogP contribution in [0.1, 0.15) is 6.92 Å². The largest absolute Gasteiger partial charge is 0.261 e. The van der Waals surface area contributed by atoms with Crippen LogP contribution >= 0.6 is 0 Å². The Labute approximate surface area is 78.2 Å². The molecule has 0 saturated carbocycles. The molecule has 1 aliphatic heterocycles. The zero-order valence-corrected chi connectivity index (χ0v) is 7.64. The maximum Gasteiger partial charge on any atom is 0.0600 e. The van der Waals surface area contributed by atoms with Crippen molar-refractivity contribution in [1.82, 2.24) is 0 Å². The maximum absolute atomic E-state index is 4.42. The molecule has 13 heavy (non-hydrogen) atoms. The van der Waals surface area contributed by atoms with E-state index in [0.29, 0.717) is 0 Å². The first-order valence-electron chi connectivity index (χ1n) is 4.40. The molecular weight excluding hydrogens is 160 g/mol. The van der Waals surface area contributed by atoms with Crippen molar-refractivity contribution in [2.75, 3.05) is 11.6 Å². The number of benzene rings is 1. The number of para-hydroxylation sites is 1. The van der Waals surface area contributed by atoms with Gasteiger partial charge in [0, 0.05) is 0 Å². The van der Waals surface area contributed by atoms with Crippen molar-refractivity contribution in [1.29, 1.82) is 0 Å². The number of nitrogens with zero attached hydrogens (tertiary/aromatic N) is 2. The molecule has 0 radical (unpaired) electrons. The molecule has 66 valence electrons. The minimum absolute atomic E-state index is 0.862. The van der Waals surface area contributed by atoms with Crippen molar-refractivity contribution in [3.63, 3.8) is 0 Å². The van der Waals surface area contributed by atoms with E-state index in [-0.39, 0.29) is 0 Å². The van der Waals surface area contributed by atoms with Gasteiger partial charge in [-0.1, -0.05) is 24.3 Å². The molecule has 0 aromatic heterocycles. The van der Waals surface area contributed by atoms with Gasteiger partial charge in [-0.15, -0.1) is 0 Å². The van der Waals surface area contributed by atoms with Gasteiger partial charge in [-0.2, -0.15) is 5.10 Å². The monoisotopic (exact) mass is 172 g/mol. The summed E-state index contributed by atoms with van der Waals surface area (Å²) in [6.45, 7) is 2.87. The molecule has 0 atom stereocenters. The Morgan fingerprint density at radius 3 is 2.69 bits per heavy atom. The van der Waals surface area contributed by atoms with Crippen LogP contribution in [0.4, 0.5) is 5.69 Å². The Morgan fingerprint density at radius 2 is 2.00 bits per heavy atom. The van der Waals surface area contributed by atoms with E-state index >= 15 is 0 Å². The number of anilines is 1. The molecule has 0 aliphatic carbocycles. The lowest BCUT2D eigenvalue weighted by atomic mass is 10.3. The van der Waals surface area contributed by atoms with Crippen molar-refractivity contribution >= 4 is 11.4 Å². The summed E-state index contributed by atoms with van der Waals surface area (Å²) >= 11 is 0. The second-order valence-corrected chi connectivity index (χ2v) is 3.06. The molecule has 0 spiro atoms. The summed E-state index contributed by atoms with van der Waals surface area (Å²) in [6, 6.07) is 10.2. The molecule has 2 rings (SSSR count). The number of rotatable bonds is 1. The predicted octanol–water partition coefficient (Wildman–Crippen LogP) is 2.44. The van der Waals surface area contributed by atoms with Gasteiger partial charge in [0.25, 0.3) is 0 Å². The van der Waals surface area contributed by atoms with Gasteiger partial charge in [0.1, 0.15) is 0 Å². The summed E-state index contributed by atoms with van der Waals surface area (Å²) in [5.74, 6) is 0. The van der Waals surface area contributed by atoms with Crippen LogP contribution in [0.25, 0.3) is 0 Å². The van der Waals surface area contributed by atoms with E-state index in [1.165, 1.54) is 0 Å². The molecule has 1 aliphatic rings. The zero-order chi connectivity index (χ0) is 9.10. The fraction of sp³-hybridized carbons (Fsp3) is 0.182. The van der Waals surface area contributed by atoms with Gasteiger partial charge in [-0.05, 0) is 25.1 Å². The van der Waals surface area contributed by atoms with Crippen LogP contribution in [0.15, 0.2) is 47.6 Å². The average Bonchev–Trinajstić information content (AvgIpc) is 2.19. The van der Waals surface area contributed by atoms with Gasteiger partial charge < -0.3 is 0 Å². The van der Waals surface area contributed by atoms with Gasteiger partial charge in [0.05, 0.1) is 17.9 Å². The summed E-state index contributed by atoms with van der Waals surface area (Å²) < 4.78 is 0. The summed E-state index contributed by atoms with van der Waals surface area (Å²) in [5, 5.41) is 6.41. The van der Waals surface area contributed by atoms with Crippen LogP contribution in [-0.2, 0) is 0 Å². The van der Waals surface area contributed by atoms with E-state index in [0.717, 1.165) is 17.9 Å². The Morgan fingerprint density at radius 1 is 1.23 bits per heavy atom. The third kappa shape index (κ3) is 1.78. The number of allylic oxidation sites excluding steroid dienone is 1. The highest BCUT2D eigenvalue weighted by Gasteiger charge is 2.04. The second-order valence-electron chi connectivity index (χ2n) is 3.06. The van der Waals surface area contributed by atoms with E-state index in [1.54, 1.807) is 0 Å². The predicted molar refractivity (Wildman–Crippen MR) is 56.0 cm³/mol. The lowest BCUT2D eigenvalue weighted by Gasteiger charge is -2.20. The van der Waals surface area contributed by atoms with Gasteiger partial charge in [0.2, 0.25) is 0 Å². The lowest BCUT2D eigenvalue weighted by Crippen LogP contribution is -2.20. The molecule has 1 aromatic carbocycles. The molecule has 2 nitrogen and oxygen atoms in total.